The van der Waals surface area contributed by atoms with Crippen LogP contribution in [0.1, 0.15) is 6.92 Å². The summed E-state index contributed by atoms with van der Waals surface area (Å²) in [5.74, 6) is 0. The molecule has 0 bridgehead atoms. The van der Waals surface area contributed by atoms with E-state index in [4.69, 9.17) is 4.74 Å². The van der Waals surface area contributed by atoms with E-state index in [1.165, 1.54) is 0 Å². The zero-order valence-corrected chi connectivity index (χ0v) is 8.09. The van der Waals surface area contributed by atoms with Crippen LogP contribution in [0.3, 0.4) is 0 Å². The lowest BCUT2D eigenvalue weighted by Gasteiger charge is -2.18. The highest BCUT2D eigenvalue weighted by molar-refractivity contribution is 5.74. The molecule has 0 spiro atoms. The third kappa shape index (κ3) is 2.86. The van der Waals surface area contributed by atoms with Gasteiger partial charge in [-0.15, -0.1) is 0 Å². The molecule has 2 atom stereocenters. The largest absolute Gasteiger partial charge is 0.378 e. The molecule has 1 rings (SSSR count). The monoisotopic (exact) mass is 187 g/mol. The van der Waals surface area contributed by atoms with Gasteiger partial charge in [0.1, 0.15) is 0 Å². The van der Waals surface area contributed by atoms with E-state index in [1.807, 2.05) is 6.92 Å². The molecule has 3 N–H and O–H groups in total. The molecule has 1 aliphatic heterocycles. The van der Waals surface area contributed by atoms with Gasteiger partial charge in [-0.2, -0.15) is 0 Å². The first kappa shape index (κ1) is 10.3. The fourth-order valence-electron chi connectivity index (χ4n) is 1.43. The first-order valence-electron chi connectivity index (χ1n) is 4.55. The van der Waals surface area contributed by atoms with Gasteiger partial charge in [-0.1, -0.05) is 0 Å². The Balaban J connectivity index is 2.30. The molecule has 76 valence electrons. The Kier molecular flexibility index (Phi) is 3.98. The van der Waals surface area contributed by atoms with Gasteiger partial charge in [0.15, 0.2) is 0 Å². The minimum atomic E-state index is -0.127. The molecular formula is C8H17N3O2. The minimum Gasteiger partial charge on any atom is -0.378 e. The third-order valence-corrected chi connectivity index (χ3v) is 2.12. The summed E-state index contributed by atoms with van der Waals surface area (Å²) in [7, 11) is 1.66. The van der Waals surface area contributed by atoms with Crippen LogP contribution in [0.5, 0.6) is 0 Å². The Labute approximate surface area is 78.2 Å². The smallest absolute Gasteiger partial charge is 0.315 e. The summed E-state index contributed by atoms with van der Waals surface area (Å²) < 4.78 is 5.20. The van der Waals surface area contributed by atoms with Crippen LogP contribution in [0.15, 0.2) is 0 Å². The Morgan fingerprint density at radius 1 is 1.62 bits per heavy atom. The summed E-state index contributed by atoms with van der Waals surface area (Å²) in [4.78, 5) is 11.2. The van der Waals surface area contributed by atoms with Crippen LogP contribution in [0.2, 0.25) is 0 Å². The average molecular weight is 187 g/mol. The molecule has 1 saturated heterocycles. The molecule has 0 aromatic rings. The van der Waals surface area contributed by atoms with E-state index in [2.05, 4.69) is 16.0 Å². The van der Waals surface area contributed by atoms with Gasteiger partial charge in [0.2, 0.25) is 0 Å². The van der Waals surface area contributed by atoms with Crippen molar-refractivity contribution in [2.75, 3.05) is 26.7 Å². The number of amides is 2. The molecule has 0 saturated carbocycles. The molecule has 0 aliphatic carbocycles. The van der Waals surface area contributed by atoms with Crippen LogP contribution >= 0.6 is 0 Å². The van der Waals surface area contributed by atoms with Crippen molar-refractivity contribution in [1.82, 2.24) is 16.0 Å². The Bertz CT molecular complexity index is 175. The molecule has 1 fully saturated rings. The second kappa shape index (κ2) is 5.04. The number of methoxy groups -OCH3 is 1. The minimum absolute atomic E-state index is 0.0801. The van der Waals surface area contributed by atoms with Crippen LogP contribution in [0.25, 0.3) is 0 Å². The second-order valence-corrected chi connectivity index (χ2v) is 3.04. The van der Waals surface area contributed by atoms with Gasteiger partial charge in [-0.3, -0.25) is 0 Å². The molecule has 0 unspecified atom stereocenters. The van der Waals surface area contributed by atoms with Crippen molar-refractivity contribution in [3.63, 3.8) is 0 Å². The van der Waals surface area contributed by atoms with E-state index >= 15 is 0 Å². The van der Waals surface area contributed by atoms with E-state index < -0.39 is 0 Å². The summed E-state index contributed by atoms with van der Waals surface area (Å²) in [6.45, 7) is 4.10. The predicted octanol–water partition coefficient (Wildman–Crippen LogP) is -0.708. The van der Waals surface area contributed by atoms with Crippen molar-refractivity contribution in [1.29, 1.82) is 0 Å². The van der Waals surface area contributed by atoms with E-state index in [0.717, 1.165) is 13.1 Å². The fraction of sp³-hybridized carbons (Fsp3) is 0.875. The van der Waals surface area contributed by atoms with Crippen molar-refractivity contribution >= 4 is 6.03 Å². The van der Waals surface area contributed by atoms with Crippen LogP contribution in [-0.2, 0) is 4.74 Å². The third-order valence-electron chi connectivity index (χ3n) is 2.12. The van der Waals surface area contributed by atoms with Gasteiger partial charge in [0.25, 0.3) is 0 Å². The normalized spacial score (nSPS) is 27.2. The molecule has 1 heterocycles. The fourth-order valence-corrected chi connectivity index (χ4v) is 1.43. The zero-order valence-electron chi connectivity index (χ0n) is 8.09. The maximum absolute atomic E-state index is 11.2. The molecule has 1 aliphatic rings. The average Bonchev–Trinajstić information content (AvgIpc) is 2.52. The number of rotatable bonds is 3. The first-order chi connectivity index (χ1) is 6.27. The number of hydrogen-bond donors (Lipinski definition) is 3. The Morgan fingerprint density at radius 3 is 3.00 bits per heavy atom. The highest BCUT2D eigenvalue weighted by atomic mass is 16.5. The summed E-state index contributed by atoms with van der Waals surface area (Å²) in [6.07, 6.45) is 0.0857. The van der Waals surface area contributed by atoms with Crippen molar-refractivity contribution in [2.24, 2.45) is 0 Å². The summed E-state index contributed by atoms with van der Waals surface area (Å²) in [6, 6.07) is -0.0465. The Morgan fingerprint density at radius 2 is 2.38 bits per heavy atom. The van der Waals surface area contributed by atoms with E-state index in [-0.39, 0.29) is 18.2 Å². The van der Waals surface area contributed by atoms with Crippen molar-refractivity contribution < 1.29 is 9.53 Å². The van der Waals surface area contributed by atoms with E-state index in [0.29, 0.717) is 6.54 Å². The standard InChI is InChI=1S/C8H17N3O2/c1-3-10-8(12)11-6-4-9-5-7(6)13-2/h6-7,9H,3-5H2,1-2H3,(H2,10,11,12)/t6-,7+/m0/s1. The number of carbonyl (C=O) groups is 1. The highest BCUT2D eigenvalue weighted by Crippen LogP contribution is 2.02. The summed E-state index contributed by atoms with van der Waals surface area (Å²) in [5, 5.41) is 8.68. The van der Waals surface area contributed by atoms with Crippen LogP contribution in [0, 0.1) is 0 Å². The molecular weight excluding hydrogens is 170 g/mol. The van der Waals surface area contributed by atoms with Crippen LogP contribution in [-0.4, -0.2) is 44.9 Å². The summed E-state index contributed by atoms with van der Waals surface area (Å²) >= 11 is 0. The molecule has 5 heteroatoms. The van der Waals surface area contributed by atoms with Crippen molar-refractivity contribution in [2.45, 2.75) is 19.1 Å². The van der Waals surface area contributed by atoms with Gasteiger partial charge >= 0.3 is 6.03 Å². The van der Waals surface area contributed by atoms with Gasteiger partial charge in [0, 0.05) is 26.7 Å². The van der Waals surface area contributed by atoms with Gasteiger partial charge < -0.3 is 20.7 Å². The second-order valence-electron chi connectivity index (χ2n) is 3.04. The van der Waals surface area contributed by atoms with E-state index in [9.17, 15) is 4.79 Å². The quantitative estimate of drug-likeness (QED) is 0.547. The molecule has 2 amide bonds. The highest BCUT2D eigenvalue weighted by Gasteiger charge is 2.27. The van der Waals surface area contributed by atoms with E-state index in [1.54, 1.807) is 7.11 Å². The SMILES string of the molecule is CCNC(=O)N[C@H]1CNC[C@H]1OC. The molecule has 13 heavy (non-hydrogen) atoms. The zero-order chi connectivity index (χ0) is 9.68. The lowest BCUT2D eigenvalue weighted by molar-refractivity contribution is 0.0984. The van der Waals surface area contributed by atoms with Crippen LogP contribution < -0.4 is 16.0 Å². The predicted molar refractivity (Wildman–Crippen MR) is 49.7 cm³/mol. The lowest BCUT2D eigenvalue weighted by Crippen LogP contribution is -2.47. The first-order valence-corrected chi connectivity index (χ1v) is 4.55. The number of carbonyl (C=O) groups excluding carboxylic acids is 1. The maximum Gasteiger partial charge on any atom is 0.315 e. The lowest BCUT2D eigenvalue weighted by atomic mass is 10.2. The molecule has 5 nitrogen and oxygen atoms in total. The number of nitrogens with one attached hydrogen (secondary N) is 3. The van der Waals surface area contributed by atoms with Gasteiger partial charge in [-0.05, 0) is 6.92 Å². The molecule has 0 radical (unpaired) electrons. The Hall–Kier alpha value is -0.810. The van der Waals surface area contributed by atoms with Crippen molar-refractivity contribution in [3.8, 4) is 0 Å². The van der Waals surface area contributed by atoms with Crippen LogP contribution in [0.4, 0.5) is 4.79 Å². The molecule has 0 aromatic carbocycles. The van der Waals surface area contributed by atoms with Gasteiger partial charge in [0.05, 0.1) is 12.1 Å². The summed E-state index contributed by atoms with van der Waals surface area (Å²) in [5.41, 5.74) is 0. The number of ether oxygens (including phenoxy) is 1. The number of urea groups is 1. The number of hydrogen-bond acceptors (Lipinski definition) is 3. The van der Waals surface area contributed by atoms with Crippen molar-refractivity contribution in [3.05, 3.63) is 0 Å². The maximum atomic E-state index is 11.2. The van der Waals surface area contributed by atoms with Gasteiger partial charge in [-0.25, -0.2) is 4.79 Å². The topological polar surface area (TPSA) is 62.4 Å². The molecule has 0 aromatic heterocycles.